The van der Waals surface area contributed by atoms with Crippen LogP contribution in [0.4, 0.5) is 5.82 Å². The molecule has 0 aromatic carbocycles. The molecule has 1 unspecified atom stereocenters. The minimum absolute atomic E-state index is 0.606. The second-order valence-electron chi connectivity index (χ2n) is 3.55. The number of hydrogen-bond acceptors (Lipinski definition) is 4. The second kappa shape index (κ2) is 4.68. The van der Waals surface area contributed by atoms with Crippen LogP contribution in [0.1, 0.15) is 19.8 Å². The molecule has 0 bridgehead atoms. The van der Waals surface area contributed by atoms with Crippen molar-refractivity contribution in [3.8, 4) is 0 Å². The molecule has 1 fully saturated rings. The van der Waals surface area contributed by atoms with Crippen molar-refractivity contribution < 1.29 is 0 Å². The van der Waals surface area contributed by atoms with E-state index in [1.807, 2.05) is 22.6 Å². The van der Waals surface area contributed by atoms with Crippen LogP contribution in [-0.2, 0) is 6.54 Å². The number of thioether (sulfide) groups is 1. The van der Waals surface area contributed by atoms with Gasteiger partial charge in [-0.25, -0.2) is 4.68 Å². The summed E-state index contributed by atoms with van der Waals surface area (Å²) < 4.78 is 1.95. The average molecular weight is 212 g/mol. The van der Waals surface area contributed by atoms with Crippen molar-refractivity contribution in [1.29, 1.82) is 0 Å². The quantitative estimate of drug-likeness (QED) is 0.823. The fourth-order valence-corrected chi connectivity index (χ4v) is 2.76. The topological polar surface area (TPSA) is 42.7 Å². The number of aromatic nitrogens is 3. The van der Waals surface area contributed by atoms with Gasteiger partial charge in [-0.15, -0.1) is 5.10 Å². The van der Waals surface area contributed by atoms with E-state index in [2.05, 4.69) is 22.6 Å². The maximum atomic E-state index is 4.05. The lowest BCUT2D eigenvalue weighted by atomic mass is 10.3. The first kappa shape index (κ1) is 9.83. The van der Waals surface area contributed by atoms with Crippen molar-refractivity contribution in [3.63, 3.8) is 0 Å². The van der Waals surface area contributed by atoms with E-state index in [1.165, 1.54) is 17.9 Å². The van der Waals surface area contributed by atoms with Gasteiger partial charge in [-0.2, -0.15) is 11.8 Å². The molecule has 14 heavy (non-hydrogen) atoms. The highest BCUT2D eigenvalue weighted by molar-refractivity contribution is 7.99. The molecule has 1 aromatic rings. The van der Waals surface area contributed by atoms with Crippen molar-refractivity contribution in [2.45, 2.75) is 32.4 Å². The zero-order valence-electron chi connectivity index (χ0n) is 8.44. The summed E-state index contributed by atoms with van der Waals surface area (Å²) in [7, 11) is 0. The van der Waals surface area contributed by atoms with Gasteiger partial charge in [-0.3, -0.25) is 0 Å². The molecule has 1 saturated heterocycles. The van der Waals surface area contributed by atoms with Crippen LogP contribution in [0, 0.1) is 0 Å². The van der Waals surface area contributed by atoms with Gasteiger partial charge in [0.05, 0.1) is 6.20 Å². The minimum Gasteiger partial charge on any atom is -0.365 e. The van der Waals surface area contributed by atoms with Crippen LogP contribution >= 0.6 is 11.8 Å². The lowest BCUT2D eigenvalue weighted by Gasteiger charge is -2.12. The Morgan fingerprint density at radius 3 is 3.36 bits per heavy atom. The summed E-state index contributed by atoms with van der Waals surface area (Å²) in [5, 5.41) is 11.5. The summed E-state index contributed by atoms with van der Waals surface area (Å²) in [6.07, 6.45) is 4.16. The van der Waals surface area contributed by atoms with Crippen LogP contribution in [0.5, 0.6) is 0 Å². The molecule has 0 saturated carbocycles. The highest BCUT2D eigenvalue weighted by atomic mass is 32.2. The van der Waals surface area contributed by atoms with Crippen molar-refractivity contribution in [1.82, 2.24) is 15.0 Å². The van der Waals surface area contributed by atoms with Crippen molar-refractivity contribution in [2.24, 2.45) is 0 Å². The van der Waals surface area contributed by atoms with Crippen molar-refractivity contribution in [3.05, 3.63) is 6.20 Å². The van der Waals surface area contributed by atoms with Gasteiger partial charge in [0.1, 0.15) is 5.82 Å². The van der Waals surface area contributed by atoms with Crippen molar-refractivity contribution >= 4 is 17.6 Å². The molecule has 0 amide bonds. The van der Waals surface area contributed by atoms with Gasteiger partial charge in [0.25, 0.3) is 0 Å². The SMILES string of the molecule is CCCn1nncc1NC1CCSC1. The highest BCUT2D eigenvalue weighted by Crippen LogP contribution is 2.20. The zero-order chi connectivity index (χ0) is 9.80. The number of hydrogen-bond donors (Lipinski definition) is 1. The summed E-state index contributed by atoms with van der Waals surface area (Å²) in [5.41, 5.74) is 0. The fourth-order valence-electron chi connectivity index (χ4n) is 1.60. The van der Waals surface area contributed by atoms with E-state index < -0.39 is 0 Å². The molecule has 5 heteroatoms. The van der Waals surface area contributed by atoms with Gasteiger partial charge < -0.3 is 5.32 Å². The fraction of sp³-hybridized carbons (Fsp3) is 0.778. The van der Waals surface area contributed by atoms with Crippen LogP contribution in [0.25, 0.3) is 0 Å². The first-order chi connectivity index (χ1) is 6.90. The van der Waals surface area contributed by atoms with E-state index in [0.717, 1.165) is 18.8 Å². The van der Waals surface area contributed by atoms with E-state index in [-0.39, 0.29) is 0 Å². The Morgan fingerprint density at radius 2 is 2.64 bits per heavy atom. The molecular weight excluding hydrogens is 196 g/mol. The predicted molar refractivity (Wildman–Crippen MR) is 59.7 cm³/mol. The van der Waals surface area contributed by atoms with Gasteiger partial charge >= 0.3 is 0 Å². The Bertz CT molecular complexity index is 280. The van der Waals surface area contributed by atoms with Gasteiger partial charge in [0.2, 0.25) is 0 Å². The summed E-state index contributed by atoms with van der Waals surface area (Å²) in [6, 6.07) is 0.606. The van der Waals surface area contributed by atoms with Crippen LogP contribution in [0.3, 0.4) is 0 Å². The smallest absolute Gasteiger partial charge is 0.145 e. The maximum Gasteiger partial charge on any atom is 0.145 e. The zero-order valence-corrected chi connectivity index (χ0v) is 9.26. The van der Waals surface area contributed by atoms with Crippen LogP contribution in [0.15, 0.2) is 6.20 Å². The maximum absolute atomic E-state index is 4.05. The van der Waals surface area contributed by atoms with Gasteiger partial charge in [-0.1, -0.05) is 12.1 Å². The molecule has 2 heterocycles. The third-order valence-electron chi connectivity index (χ3n) is 2.33. The van der Waals surface area contributed by atoms with Crippen LogP contribution in [0.2, 0.25) is 0 Å². The number of rotatable bonds is 4. The van der Waals surface area contributed by atoms with Crippen molar-refractivity contribution in [2.75, 3.05) is 16.8 Å². The second-order valence-corrected chi connectivity index (χ2v) is 4.70. The van der Waals surface area contributed by atoms with E-state index in [9.17, 15) is 0 Å². The molecule has 2 rings (SSSR count). The number of aryl methyl sites for hydroxylation is 1. The normalized spacial score (nSPS) is 21.4. The molecule has 1 aliphatic heterocycles. The largest absolute Gasteiger partial charge is 0.365 e. The molecular formula is C9H16N4S. The molecule has 1 N–H and O–H groups in total. The van der Waals surface area contributed by atoms with Crippen LogP contribution < -0.4 is 5.32 Å². The van der Waals surface area contributed by atoms with Crippen LogP contribution in [-0.4, -0.2) is 32.5 Å². The Hall–Kier alpha value is -0.710. The Kier molecular flexibility index (Phi) is 3.29. The lowest BCUT2D eigenvalue weighted by molar-refractivity contribution is 0.579. The molecule has 0 radical (unpaired) electrons. The molecule has 0 spiro atoms. The highest BCUT2D eigenvalue weighted by Gasteiger charge is 2.16. The Morgan fingerprint density at radius 1 is 1.71 bits per heavy atom. The first-order valence-corrected chi connectivity index (χ1v) is 6.28. The van der Waals surface area contributed by atoms with Gasteiger partial charge in [0.15, 0.2) is 0 Å². The summed E-state index contributed by atoms with van der Waals surface area (Å²) in [5.74, 6) is 3.55. The molecule has 4 nitrogen and oxygen atoms in total. The monoisotopic (exact) mass is 212 g/mol. The lowest BCUT2D eigenvalue weighted by Crippen LogP contribution is -2.20. The molecule has 1 aliphatic rings. The molecule has 78 valence electrons. The van der Waals surface area contributed by atoms with Gasteiger partial charge in [0, 0.05) is 18.3 Å². The third kappa shape index (κ3) is 2.20. The summed E-state index contributed by atoms with van der Waals surface area (Å²) >= 11 is 2.01. The van der Waals surface area contributed by atoms with E-state index in [0.29, 0.717) is 6.04 Å². The average Bonchev–Trinajstić information content (AvgIpc) is 2.80. The van der Waals surface area contributed by atoms with E-state index >= 15 is 0 Å². The number of anilines is 1. The standard InChI is InChI=1S/C9H16N4S/c1-2-4-13-9(6-10-12-13)11-8-3-5-14-7-8/h6,8,11H,2-5,7H2,1H3. The van der Waals surface area contributed by atoms with E-state index in [4.69, 9.17) is 0 Å². The number of nitrogens with zero attached hydrogens (tertiary/aromatic N) is 3. The Balaban J connectivity index is 1.96. The summed E-state index contributed by atoms with van der Waals surface area (Å²) in [4.78, 5) is 0. The number of nitrogens with one attached hydrogen (secondary N) is 1. The molecule has 1 aromatic heterocycles. The first-order valence-electron chi connectivity index (χ1n) is 5.13. The molecule has 1 atom stereocenters. The van der Waals surface area contributed by atoms with E-state index in [1.54, 1.807) is 0 Å². The molecule has 0 aliphatic carbocycles. The third-order valence-corrected chi connectivity index (χ3v) is 3.50. The summed E-state index contributed by atoms with van der Waals surface area (Å²) in [6.45, 7) is 3.10. The van der Waals surface area contributed by atoms with Gasteiger partial charge in [-0.05, 0) is 18.6 Å². The minimum atomic E-state index is 0.606. The predicted octanol–water partition coefficient (Wildman–Crippen LogP) is 1.61. The Labute approximate surface area is 88.4 Å².